The summed E-state index contributed by atoms with van der Waals surface area (Å²) < 4.78 is 26.9. The second-order valence-electron chi connectivity index (χ2n) is 5.90. The molecule has 1 unspecified atom stereocenters. The lowest BCUT2D eigenvalue weighted by Crippen LogP contribution is -2.45. The summed E-state index contributed by atoms with van der Waals surface area (Å²) in [7, 11) is -3.38. The van der Waals surface area contributed by atoms with Crippen LogP contribution >= 0.6 is 12.4 Å². The van der Waals surface area contributed by atoms with Crippen LogP contribution in [-0.2, 0) is 22.9 Å². The Labute approximate surface area is 133 Å². The highest BCUT2D eigenvalue weighted by molar-refractivity contribution is 7.89. The number of hydrogen-bond acceptors (Lipinski definition) is 3. The van der Waals surface area contributed by atoms with Crippen LogP contribution in [0.2, 0.25) is 0 Å². The zero-order chi connectivity index (χ0) is 14.2. The molecule has 2 aliphatic rings. The third kappa shape index (κ3) is 3.42. The number of rotatable bonds is 2. The van der Waals surface area contributed by atoms with Gasteiger partial charge in [0, 0.05) is 19.1 Å². The van der Waals surface area contributed by atoms with E-state index in [0.717, 1.165) is 32.1 Å². The van der Waals surface area contributed by atoms with E-state index in [9.17, 15) is 8.42 Å². The topological polar surface area (TPSA) is 63.4 Å². The van der Waals surface area contributed by atoms with Gasteiger partial charge >= 0.3 is 0 Å². The van der Waals surface area contributed by atoms with Gasteiger partial charge in [0.1, 0.15) is 0 Å². The van der Waals surface area contributed by atoms with E-state index >= 15 is 0 Å². The van der Waals surface area contributed by atoms with Crippen molar-refractivity contribution in [3.8, 4) is 0 Å². The molecular formula is C15H23ClN2O2S. The summed E-state index contributed by atoms with van der Waals surface area (Å²) in [6, 6.07) is 5.60. The van der Waals surface area contributed by atoms with E-state index in [1.807, 2.05) is 12.1 Å². The molecule has 0 saturated carbocycles. The van der Waals surface area contributed by atoms with Gasteiger partial charge < -0.3 is 5.73 Å². The summed E-state index contributed by atoms with van der Waals surface area (Å²) in [5.41, 5.74) is 8.42. The van der Waals surface area contributed by atoms with Crippen molar-refractivity contribution < 1.29 is 8.42 Å². The number of benzene rings is 1. The molecule has 1 aliphatic heterocycles. The molecule has 3 rings (SSSR count). The fraction of sp³-hybridized carbons (Fsp3) is 0.600. The van der Waals surface area contributed by atoms with Gasteiger partial charge in [-0.25, -0.2) is 8.42 Å². The van der Waals surface area contributed by atoms with E-state index in [1.54, 1.807) is 10.4 Å². The Morgan fingerprint density at radius 2 is 1.81 bits per heavy atom. The molecule has 6 heteroatoms. The van der Waals surface area contributed by atoms with E-state index in [0.29, 0.717) is 18.0 Å². The Kier molecular flexibility index (Phi) is 5.30. The summed E-state index contributed by atoms with van der Waals surface area (Å²) in [6.07, 6.45) is 6.20. The van der Waals surface area contributed by atoms with E-state index in [1.165, 1.54) is 17.5 Å². The molecule has 0 spiro atoms. The number of fused-ring (bicyclic) bond motifs is 1. The van der Waals surface area contributed by atoms with Crippen molar-refractivity contribution in [3.63, 3.8) is 0 Å². The average Bonchev–Trinajstić information content (AvgIpc) is 2.46. The van der Waals surface area contributed by atoms with E-state index in [2.05, 4.69) is 0 Å². The molecule has 1 fully saturated rings. The number of hydrogen-bond donors (Lipinski definition) is 1. The van der Waals surface area contributed by atoms with Gasteiger partial charge in [-0.05, 0) is 61.8 Å². The van der Waals surface area contributed by atoms with Gasteiger partial charge in [0.05, 0.1) is 4.90 Å². The van der Waals surface area contributed by atoms with Crippen LogP contribution in [-0.4, -0.2) is 31.9 Å². The molecule has 2 N–H and O–H groups in total. The largest absolute Gasteiger partial charge is 0.327 e. The van der Waals surface area contributed by atoms with Crippen molar-refractivity contribution in [1.82, 2.24) is 4.31 Å². The zero-order valence-corrected chi connectivity index (χ0v) is 13.8. The molecule has 1 heterocycles. The number of nitrogens with zero attached hydrogens (tertiary/aromatic N) is 1. The van der Waals surface area contributed by atoms with Gasteiger partial charge in [0.15, 0.2) is 0 Å². The van der Waals surface area contributed by atoms with Crippen LogP contribution in [0.25, 0.3) is 0 Å². The maximum atomic E-state index is 12.7. The maximum absolute atomic E-state index is 12.7. The molecule has 0 amide bonds. The first-order valence-electron chi connectivity index (χ1n) is 7.45. The number of sulfonamides is 1. The van der Waals surface area contributed by atoms with Gasteiger partial charge in [-0.1, -0.05) is 6.07 Å². The first-order valence-corrected chi connectivity index (χ1v) is 8.89. The van der Waals surface area contributed by atoms with E-state index in [4.69, 9.17) is 5.73 Å². The van der Waals surface area contributed by atoms with Gasteiger partial charge in [0.2, 0.25) is 10.0 Å². The number of halogens is 1. The molecule has 1 atom stereocenters. The Hall–Kier alpha value is -0.620. The average molecular weight is 331 g/mol. The molecule has 1 aromatic rings. The van der Waals surface area contributed by atoms with Crippen molar-refractivity contribution in [2.45, 2.75) is 49.5 Å². The van der Waals surface area contributed by atoms with Crippen LogP contribution in [0.1, 0.15) is 36.8 Å². The summed E-state index contributed by atoms with van der Waals surface area (Å²) in [6.45, 7) is 1.03. The number of aryl methyl sites for hydroxylation is 2. The maximum Gasteiger partial charge on any atom is 0.243 e. The molecule has 4 nitrogen and oxygen atoms in total. The van der Waals surface area contributed by atoms with Crippen molar-refractivity contribution in [1.29, 1.82) is 0 Å². The SMILES string of the molecule is Cl.NC1CCCN(S(=O)(=O)c2ccc3c(c2)CCCC3)C1. The standard InChI is InChI=1S/C15H22N2O2S.ClH/c16-14-6-3-9-17(11-14)20(18,19)15-8-7-12-4-1-2-5-13(12)10-15;/h7-8,10,14H,1-6,9,11,16H2;1H. The highest BCUT2D eigenvalue weighted by atomic mass is 35.5. The summed E-state index contributed by atoms with van der Waals surface area (Å²) in [4.78, 5) is 0.437. The molecular weight excluding hydrogens is 308 g/mol. The minimum atomic E-state index is -3.38. The van der Waals surface area contributed by atoms with E-state index in [-0.39, 0.29) is 18.4 Å². The highest BCUT2D eigenvalue weighted by Crippen LogP contribution is 2.26. The van der Waals surface area contributed by atoms with Gasteiger partial charge in [-0.15, -0.1) is 12.4 Å². The number of nitrogens with two attached hydrogens (primary N) is 1. The fourth-order valence-corrected chi connectivity index (χ4v) is 4.80. The summed E-state index contributed by atoms with van der Waals surface area (Å²) >= 11 is 0. The van der Waals surface area contributed by atoms with Crippen LogP contribution < -0.4 is 5.73 Å². The molecule has 0 radical (unpaired) electrons. The van der Waals surface area contributed by atoms with Crippen LogP contribution in [0.4, 0.5) is 0 Å². The van der Waals surface area contributed by atoms with Crippen molar-refractivity contribution >= 4 is 22.4 Å². The monoisotopic (exact) mass is 330 g/mol. The van der Waals surface area contributed by atoms with Crippen LogP contribution in [0, 0.1) is 0 Å². The Morgan fingerprint density at radius 1 is 1.10 bits per heavy atom. The van der Waals surface area contributed by atoms with Gasteiger partial charge in [-0.2, -0.15) is 4.31 Å². The minimum absolute atomic E-state index is 0. The molecule has 1 saturated heterocycles. The molecule has 118 valence electrons. The Morgan fingerprint density at radius 3 is 2.52 bits per heavy atom. The molecule has 21 heavy (non-hydrogen) atoms. The lowest BCUT2D eigenvalue weighted by atomic mass is 9.92. The molecule has 1 aliphatic carbocycles. The molecule has 1 aromatic carbocycles. The van der Waals surface area contributed by atoms with Crippen molar-refractivity contribution in [2.75, 3.05) is 13.1 Å². The van der Waals surface area contributed by atoms with Crippen LogP contribution in [0.15, 0.2) is 23.1 Å². The molecule has 0 aromatic heterocycles. The third-order valence-electron chi connectivity index (χ3n) is 4.38. The first-order chi connectivity index (χ1) is 9.57. The lowest BCUT2D eigenvalue weighted by Gasteiger charge is -2.30. The quantitative estimate of drug-likeness (QED) is 0.903. The second-order valence-corrected chi connectivity index (χ2v) is 7.84. The van der Waals surface area contributed by atoms with Crippen LogP contribution in [0.3, 0.4) is 0 Å². The van der Waals surface area contributed by atoms with Gasteiger partial charge in [0.25, 0.3) is 0 Å². The normalized spacial score (nSPS) is 23.2. The second kappa shape index (κ2) is 6.65. The Bertz CT molecular complexity index is 604. The predicted molar refractivity (Wildman–Crippen MR) is 86.3 cm³/mol. The third-order valence-corrected chi connectivity index (χ3v) is 6.24. The van der Waals surface area contributed by atoms with Crippen molar-refractivity contribution in [2.24, 2.45) is 5.73 Å². The predicted octanol–water partition coefficient (Wildman–Crippen LogP) is 2.10. The lowest BCUT2D eigenvalue weighted by molar-refractivity contribution is 0.316. The smallest absolute Gasteiger partial charge is 0.243 e. The van der Waals surface area contributed by atoms with Crippen LogP contribution in [0.5, 0.6) is 0 Å². The number of piperidine rings is 1. The molecule has 0 bridgehead atoms. The minimum Gasteiger partial charge on any atom is -0.327 e. The Balaban J connectivity index is 0.00000161. The van der Waals surface area contributed by atoms with Crippen molar-refractivity contribution in [3.05, 3.63) is 29.3 Å². The first kappa shape index (κ1) is 16.7. The zero-order valence-electron chi connectivity index (χ0n) is 12.1. The van der Waals surface area contributed by atoms with E-state index < -0.39 is 10.0 Å². The highest BCUT2D eigenvalue weighted by Gasteiger charge is 2.29. The summed E-state index contributed by atoms with van der Waals surface area (Å²) in [5, 5.41) is 0. The van der Waals surface area contributed by atoms with Gasteiger partial charge in [-0.3, -0.25) is 0 Å². The fourth-order valence-electron chi connectivity index (χ4n) is 3.21. The summed E-state index contributed by atoms with van der Waals surface area (Å²) in [5.74, 6) is 0.